The van der Waals surface area contributed by atoms with Crippen LogP contribution in [0.4, 0.5) is 0 Å². The quantitative estimate of drug-likeness (QED) is 0.731. The smallest absolute Gasteiger partial charge is 0.179 e. The molecule has 6 nitrogen and oxygen atoms in total. The molecular weight excluding hydrogens is 182 g/mol. The van der Waals surface area contributed by atoms with Gasteiger partial charge in [-0.3, -0.25) is 0 Å². The van der Waals surface area contributed by atoms with Crippen molar-refractivity contribution in [3.05, 3.63) is 30.3 Å². The van der Waals surface area contributed by atoms with Crippen LogP contribution in [-0.2, 0) is 11.3 Å². The van der Waals surface area contributed by atoms with Crippen LogP contribution in [0.5, 0.6) is 0 Å². The van der Waals surface area contributed by atoms with E-state index in [1.54, 1.807) is 11.8 Å². The van der Waals surface area contributed by atoms with E-state index < -0.39 is 0 Å². The molecule has 1 aromatic rings. The number of nitrogens with zero attached hydrogens (tertiary/aromatic N) is 4. The van der Waals surface area contributed by atoms with E-state index in [0.29, 0.717) is 12.4 Å². The predicted molar refractivity (Wildman–Crippen MR) is 49.0 cm³/mol. The topological polar surface area (TPSA) is 64.9 Å². The fourth-order valence-electron chi connectivity index (χ4n) is 1.24. The maximum Gasteiger partial charge on any atom is 0.179 e. The highest BCUT2D eigenvalue weighted by atomic mass is 16.5. The van der Waals surface area contributed by atoms with Gasteiger partial charge < -0.3 is 10.1 Å². The van der Waals surface area contributed by atoms with E-state index in [2.05, 4.69) is 20.8 Å². The van der Waals surface area contributed by atoms with Crippen molar-refractivity contribution in [1.82, 2.24) is 25.5 Å². The van der Waals surface area contributed by atoms with E-state index in [9.17, 15) is 0 Å². The molecule has 0 saturated carbocycles. The van der Waals surface area contributed by atoms with Crippen LogP contribution in [0.15, 0.2) is 24.4 Å². The summed E-state index contributed by atoms with van der Waals surface area (Å²) in [5.41, 5.74) is 0. The molecule has 0 amide bonds. The normalized spacial score (nSPS) is 19.6. The lowest BCUT2D eigenvalue weighted by Gasteiger charge is -2.16. The van der Waals surface area contributed by atoms with Crippen molar-refractivity contribution < 1.29 is 4.74 Å². The summed E-state index contributed by atoms with van der Waals surface area (Å²) in [4.78, 5) is 0. The van der Waals surface area contributed by atoms with E-state index >= 15 is 0 Å². The minimum atomic E-state index is -0.0276. The molecule has 1 N–H and O–H groups in total. The summed E-state index contributed by atoms with van der Waals surface area (Å²) in [7, 11) is 1.61. The Labute approximate surface area is 81.2 Å². The highest BCUT2D eigenvalue weighted by molar-refractivity contribution is 5.10. The Morgan fingerprint density at radius 3 is 3.21 bits per heavy atom. The second-order valence-corrected chi connectivity index (χ2v) is 2.83. The molecule has 0 radical (unpaired) electrons. The van der Waals surface area contributed by atoms with Crippen LogP contribution in [0.1, 0.15) is 12.0 Å². The Hall–Kier alpha value is -1.69. The zero-order valence-corrected chi connectivity index (χ0v) is 7.79. The highest BCUT2D eigenvalue weighted by Gasteiger charge is 2.13. The molecule has 1 aromatic heterocycles. The van der Waals surface area contributed by atoms with E-state index in [0.717, 1.165) is 0 Å². The third kappa shape index (κ3) is 1.64. The molecule has 2 heterocycles. The maximum absolute atomic E-state index is 4.98. The van der Waals surface area contributed by atoms with E-state index in [1.807, 2.05) is 24.4 Å². The monoisotopic (exact) mass is 193 g/mol. The molecule has 1 aliphatic heterocycles. The maximum atomic E-state index is 4.98. The second-order valence-electron chi connectivity index (χ2n) is 2.83. The zero-order valence-electron chi connectivity index (χ0n) is 7.79. The van der Waals surface area contributed by atoms with E-state index in [1.165, 1.54) is 0 Å². The number of allylic oxidation sites excluding steroid dienone is 2. The zero-order chi connectivity index (χ0) is 9.80. The number of ether oxygens (including phenoxy) is 1. The van der Waals surface area contributed by atoms with Gasteiger partial charge in [0.1, 0.15) is 12.8 Å². The average molecular weight is 193 g/mol. The number of hydrogen-bond donors (Lipinski definition) is 1. The lowest BCUT2D eigenvalue weighted by atomic mass is 10.3. The summed E-state index contributed by atoms with van der Waals surface area (Å²) in [5, 5.41) is 14.5. The van der Waals surface area contributed by atoms with Crippen molar-refractivity contribution in [3.8, 4) is 0 Å². The number of dihydropyridines is 1. The number of nitrogens with one attached hydrogen (secondary N) is 1. The van der Waals surface area contributed by atoms with Crippen molar-refractivity contribution in [2.24, 2.45) is 0 Å². The predicted octanol–water partition coefficient (Wildman–Crippen LogP) is -0.00880. The Balaban J connectivity index is 2.18. The summed E-state index contributed by atoms with van der Waals surface area (Å²) in [6, 6.07) is 0. The van der Waals surface area contributed by atoms with Crippen LogP contribution < -0.4 is 5.32 Å². The Morgan fingerprint density at radius 2 is 2.50 bits per heavy atom. The molecule has 2 rings (SSSR count). The summed E-state index contributed by atoms with van der Waals surface area (Å²) in [6.07, 6.45) is 7.65. The Kier molecular flexibility index (Phi) is 2.55. The van der Waals surface area contributed by atoms with Gasteiger partial charge in [0.15, 0.2) is 5.82 Å². The van der Waals surface area contributed by atoms with Crippen LogP contribution in [0, 0.1) is 0 Å². The number of rotatable bonds is 3. The molecule has 74 valence electrons. The standard InChI is InChI=1S/C8H11N5O/c1-14-6-8-10-11-12-13(8)7-4-2-3-5-9-7/h2-5,7,9H,6H2,1H3. The molecule has 0 fully saturated rings. The van der Waals surface area contributed by atoms with E-state index in [-0.39, 0.29) is 6.17 Å². The van der Waals surface area contributed by atoms with Gasteiger partial charge in [0.2, 0.25) is 0 Å². The second kappa shape index (κ2) is 4.01. The first-order chi connectivity index (χ1) is 6.92. The van der Waals surface area contributed by atoms with Gasteiger partial charge in [-0.15, -0.1) is 5.10 Å². The van der Waals surface area contributed by atoms with Crippen molar-refractivity contribution >= 4 is 0 Å². The lowest BCUT2D eigenvalue weighted by molar-refractivity contribution is 0.171. The number of aromatic nitrogens is 4. The first-order valence-corrected chi connectivity index (χ1v) is 4.27. The molecule has 0 aromatic carbocycles. The largest absolute Gasteiger partial charge is 0.377 e. The SMILES string of the molecule is COCc1nnnn1C1C=CC=CN1. The van der Waals surface area contributed by atoms with Gasteiger partial charge in [0, 0.05) is 7.11 Å². The first kappa shape index (κ1) is 8.89. The van der Waals surface area contributed by atoms with Crippen molar-refractivity contribution in [2.75, 3.05) is 7.11 Å². The van der Waals surface area contributed by atoms with Crippen LogP contribution in [0.25, 0.3) is 0 Å². The molecule has 1 aliphatic rings. The van der Waals surface area contributed by atoms with Gasteiger partial charge in [-0.25, -0.2) is 4.68 Å². The van der Waals surface area contributed by atoms with E-state index in [4.69, 9.17) is 4.74 Å². The van der Waals surface area contributed by atoms with Gasteiger partial charge in [-0.1, -0.05) is 6.08 Å². The van der Waals surface area contributed by atoms with Crippen LogP contribution in [0.3, 0.4) is 0 Å². The average Bonchev–Trinajstić information content (AvgIpc) is 2.68. The van der Waals surface area contributed by atoms with Crippen molar-refractivity contribution in [3.63, 3.8) is 0 Å². The Morgan fingerprint density at radius 1 is 1.57 bits per heavy atom. The minimum absolute atomic E-state index is 0.0276. The fourth-order valence-corrected chi connectivity index (χ4v) is 1.24. The molecule has 14 heavy (non-hydrogen) atoms. The fraction of sp³-hybridized carbons (Fsp3) is 0.375. The van der Waals surface area contributed by atoms with Crippen molar-refractivity contribution in [2.45, 2.75) is 12.8 Å². The molecule has 0 spiro atoms. The highest BCUT2D eigenvalue weighted by Crippen LogP contribution is 2.08. The molecule has 6 heteroatoms. The lowest BCUT2D eigenvalue weighted by Crippen LogP contribution is -2.25. The van der Waals surface area contributed by atoms with Crippen LogP contribution in [0.2, 0.25) is 0 Å². The molecule has 0 saturated heterocycles. The molecular formula is C8H11N5O. The molecule has 0 aliphatic carbocycles. The minimum Gasteiger partial charge on any atom is -0.377 e. The van der Waals surface area contributed by atoms with Gasteiger partial charge in [0.25, 0.3) is 0 Å². The molecule has 1 unspecified atom stereocenters. The number of hydrogen-bond acceptors (Lipinski definition) is 5. The van der Waals surface area contributed by atoms with Gasteiger partial charge in [-0.2, -0.15) is 0 Å². The van der Waals surface area contributed by atoms with Crippen molar-refractivity contribution in [1.29, 1.82) is 0 Å². The number of tetrazole rings is 1. The first-order valence-electron chi connectivity index (χ1n) is 4.27. The summed E-state index contributed by atoms with van der Waals surface area (Å²) in [6.45, 7) is 0.405. The molecule has 1 atom stereocenters. The third-order valence-corrected chi connectivity index (χ3v) is 1.87. The molecule has 0 bridgehead atoms. The Bertz CT molecular complexity index is 356. The summed E-state index contributed by atoms with van der Waals surface area (Å²) in [5.74, 6) is 0.699. The van der Waals surface area contributed by atoms with Crippen LogP contribution in [-0.4, -0.2) is 27.3 Å². The third-order valence-electron chi connectivity index (χ3n) is 1.87. The summed E-state index contributed by atoms with van der Waals surface area (Å²) < 4.78 is 6.67. The van der Waals surface area contributed by atoms with Crippen LogP contribution >= 0.6 is 0 Å². The van der Waals surface area contributed by atoms with Gasteiger partial charge in [-0.05, 0) is 28.8 Å². The van der Waals surface area contributed by atoms with Gasteiger partial charge >= 0.3 is 0 Å². The summed E-state index contributed by atoms with van der Waals surface area (Å²) >= 11 is 0. The number of methoxy groups -OCH3 is 1. The van der Waals surface area contributed by atoms with Gasteiger partial charge in [0.05, 0.1) is 0 Å².